The molecule has 1 N–H and O–H groups in total. The average Bonchev–Trinajstić information content (AvgIpc) is 2.13. The molecule has 0 radical (unpaired) electrons. The molecule has 0 saturated heterocycles. The maximum absolute atomic E-state index is 4.12. The third kappa shape index (κ3) is 6.51. The number of rotatable bonds is 5. The zero-order chi connectivity index (χ0) is 12.1. The van der Waals surface area contributed by atoms with Crippen molar-refractivity contribution >= 4 is 0 Å². The van der Waals surface area contributed by atoms with Crippen LogP contribution in [0.15, 0.2) is 23.3 Å². The molecule has 1 nitrogen and oxygen atoms in total. The van der Waals surface area contributed by atoms with Gasteiger partial charge in [-0.3, -0.25) is 0 Å². The second kappa shape index (κ2) is 6.12. The first kappa shape index (κ1) is 14.4. The van der Waals surface area contributed by atoms with Crippen LogP contribution in [0.2, 0.25) is 0 Å². The highest BCUT2D eigenvalue weighted by molar-refractivity contribution is 5.31. The van der Waals surface area contributed by atoms with Crippen LogP contribution in [0.25, 0.3) is 0 Å². The summed E-state index contributed by atoms with van der Waals surface area (Å²) < 4.78 is 0. The first-order valence-corrected chi connectivity index (χ1v) is 5.83. The molecule has 0 aliphatic rings. The minimum absolute atomic E-state index is 0.345. The molecule has 0 heterocycles. The predicted molar refractivity (Wildman–Crippen MR) is 70.1 cm³/mol. The molecule has 0 aromatic rings. The largest absolute Gasteiger partial charge is 0.312 e. The Morgan fingerprint density at radius 3 is 2.13 bits per heavy atom. The van der Waals surface area contributed by atoms with Gasteiger partial charge in [0.25, 0.3) is 0 Å². The second-order valence-electron chi connectivity index (χ2n) is 5.53. The molecule has 0 unspecified atom stereocenters. The molecule has 0 spiro atoms. The summed E-state index contributed by atoms with van der Waals surface area (Å²) in [5, 5.41) is 3.45. The second-order valence-corrected chi connectivity index (χ2v) is 5.53. The van der Waals surface area contributed by atoms with Gasteiger partial charge in [0.15, 0.2) is 0 Å². The van der Waals surface area contributed by atoms with Gasteiger partial charge in [-0.25, -0.2) is 0 Å². The van der Waals surface area contributed by atoms with Crippen LogP contribution in [-0.2, 0) is 0 Å². The molecule has 0 aromatic heterocycles. The van der Waals surface area contributed by atoms with Crippen LogP contribution in [0.5, 0.6) is 0 Å². The third-order valence-electron chi connectivity index (χ3n) is 2.69. The zero-order valence-corrected chi connectivity index (χ0v) is 11.3. The van der Waals surface area contributed by atoms with Gasteiger partial charge in [0, 0.05) is 13.1 Å². The van der Waals surface area contributed by atoms with Crippen molar-refractivity contribution in [3.63, 3.8) is 0 Å². The lowest BCUT2D eigenvalue weighted by Crippen LogP contribution is -2.28. The summed E-state index contributed by atoms with van der Waals surface area (Å²) in [6.07, 6.45) is 1.12. The molecular formula is C14H27N. The standard InChI is InChI=1S/C14H27N/c1-8-11(2)13(4)12(3)9-15-10-14(5,6)7/h15H,3,8-10H2,1-2,4-7H3/b13-11+. The van der Waals surface area contributed by atoms with Crippen molar-refractivity contribution < 1.29 is 0 Å². The lowest BCUT2D eigenvalue weighted by atomic mass is 9.96. The first-order chi connectivity index (χ1) is 6.78. The van der Waals surface area contributed by atoms with E-state index in [4.69, 9.17) is 0 Å². The highest BCUT2D eigenvalue weighted by atomic mass is 14.9. The van der Waals surface area contributed by atoms with Gasteiger partial charge in [-0.15, -0.1) is 0 Å². The lowest BCUT2D eigenvalue weighted by Gasteiger charge is -2.20. The van der Waals surface area contributed by atoms with Crippen molar-refractivity contribution in [2.75, 3.05) is 13.1 Å². The smallest absolute Gasteiger partial charge is 0.0202 e. The molecule has 0 rings (SSSR count). The van der Waals surface area contributed by atoms with Crippen molar-refractivity contribution in [1.82, 2.24) is 5.32 Å². The van der Waals surface area contributed by atoms with E-state index >= 15 is 0 Å². The summed E-state index contributed by atoms with van der Waals surface area (Å²) in [7, 11) is 0. The molecule has 88 valence electrons. The number of hydrogen-bond donors (Lipinski definition) is 1. The van der Waals surface area contributed by atoms with Crippen LogP contribution >= 0.6 is 0 Å². The Balaban J connectivity index is 4.06. The maximum Gasteiger partial charge on any atom is 0.0202 e. The van der Waals surface area contributed by atoms with E-state index in [9.17, 15) is 0 Å². The molecule has 0 saturated carbocycles. The maximum atomic E-state index is 4.12. The van der Waals surface area contributed by atoms with Gasteiger partial charge in [0.2, 0.25) is 0 Å². The summed E-state index contributed by atoms with van der Waals surface area (Å²) in [5.74, 6) is 0. The minimum Gasteiger partial charge on any atom is -0.312 e. The quantitative estimate of drug-likeness (QED) is 0.677. The first-order valence-electron chi connectivity index (χ1n) is 5.83. The van der Waals surface area contributed by atoms with Crippen molar-refractivity contribution in [2.45, 2.75) is 48.0 Å². The van der Waals surface area contributed by atoms with E-state index in [1.54, 1.807) is 0 Å². The molecule has 0 atom stereocenters. The van der Waals surface area contributed by atoms with Crippen molar-refractivity contribution in [1.29, 1.82) is 0 Å². The van der Waals surface area contributed by atoms with Gasteiger partial charge in [-0.1, -0.05) is 39.8 Å². The topological polar surface area (TPSA) is 12.0 Å². The van der Waals surface area contributed by atoms with E-state index in [1.807, 2.05) is 0 Å². The van der Waals surface area contributed by atoms with Crippen LogP contribution in [0.4, 0.5) is 0 Å². The van der Waals surface area contributed by atoms with Gasteiger partial charge < -0.3 is 5.32 Å². The van der Waals surface area contributed by atoms with Gasteiger partial charge in [0.1, 0.15) is 0 Å². The van der Waals surface area contributed by atoms with Crippen LogP contribution in [0.1, 0.15) is 48.0 Å². The number of nitrogens with one attached hydrogen (secondary N) is 1. The number of hydrogen-bond acceptors (Lipinski definition) is 1. The van der Waals surface area contributed by atoms with Crippen molar-refractivity contribution in [3.05, 3.63) is 23.3 Å². The van der Waals surface area contributed by atoms with E-state index in [1.165, 1.54) is 16.7 Å². The van der Waals surface area contributed by atoms with E-state index in [0.29, 0.717) is 5.41 Å². The molecule has 0 aliphatic heterocycles. The molecule has 0 amide bonds. The third-order valence-corrected chi connectivity index (χ3v) is 2.69. The van der Waals surface area contributed by atoms with E-state index in [-0.39, 0.29) is 0 Å². The van der Waals surface area contributed by atoms with Crippen LogP contribution in [-0.4, -0.2) is 13.1 Å². The zero-order valence-electron chi connectivity index (χ0n) is 11.3. The predicted octanol–water partition coefficient (Wildman–Crippen LogP) is 3.92. The van der Waals surface area contributed by atoms with E-state index < -0.39 is 0 Å². The molecule has 0 aliphatic carbocycles. The molecule has 0 fully saturated rings. The van der Waals surface area contributed by atoms with Crippen LogP contribution < -0.4 is 5.32 Å². The Labute approximate surface area is 95.7 Å². The van der Waals surface area contributed by atoms with Crippen LogP contribution in [0.3, 0.4) is 0 Å². The molecule has 1 heteroatoms. The van der Waals surface area contributed by atoms with Crippen molar-refractivity contribution in [3.8, 4) is 0 Å². The number of allylic oxidation sites excluding steroid dienone is 1. The fourth-order valence-electron chi connectivity index (χ4n) is 1.29. The molecule has 0 aromatic carbocycles. The highest BCUT2D eigenvalue weighted by Crippen LogP contribution is 2.15. The van der Waals surface area contributed by atoms with Crippen molar-refractivity contribution in [2.24, 2.45) is 5.41 Å². The van der Waals surface area contributed by atoms with Gasteiger partial charge in [-0.2, -0.15) is 0 Å². The normalized spacial score (nSPS) is 13.7. The van der Waals surface area contributed by atoms with Gasteiger partial charge >= 0.3 is 0 Å². The Bertz CT molecular complexity index is 241. The van der Waals surface area contributed by atoms with E-state index in [0.717, 1.165) is 19.5 Å². The van der Waals surface area contributed by atoms with Gasteiger partial charge in [0.05, 0.1) is 0 Å². The van der Waals surface area contributed by atoms with E-state index in [2.05, 4.69) is 53.4 Å². The Morgan fingerprint density at radius 2 is 1.73 bits per heavy atom. The summed E-state index contributed by atoms with van der Waals surface area (Å²) in [6.45, 7) is 19.3. The highest BCUT2D eigenvalue weighted by Gasteiger charge is 2.09. The summed E-state index contributed by atoms with van der Waals surface area (Å²) in [6, 6.07) is 0. The van der Waals surface area contributed by atoms with Gasteiger partial charge in [-0.05, 0) is 36.8 Å². The Hall–Kier alpha value is -0.560. The Morgan fingerprint density at radius 1 is 1.20 bits per heavy atom. The summed E-state index contributed by atoms with van der Waals surface area (Å²) in [4.78, 5) is 0. The fraction of sp³-hybridized carbons (Fsp3) is 0.714. The summed E-state index contributed by atoms with van der Waals surface area (Å²) in [5.41, 5.74) is 4.37. The average molecular weight is 209 g/mol. The monoisotopic (exact) mass is 209 g/mol. The fourth-order valence-corrected chi connectivity index (χ4v) is 1.29. The summed E-state index contributed by atoms with van der Waals surface area (Å²) >= 11 is 0. The molecular weight excluding hydrogens is 182 g/mol. The lowest BCUT2D eigenvalue weighted by molar-refractivity contribution is 0.387. The molecule has 0 bridgehead atoms. The van der Waals surface area contributed by atoms with Crippen LogP contribution in [0, 0.1) is 5.41 Å². The minimum atomic E-state index is 0.345. The molecule has 15 heavy (non-hydrogen) atoms. The SMILES string of the molecule is C=C(CNCC(C)(C)C)/C(C)=C(\C)CC. The Kier molecular flexibility index (Phi) is 5.89.